The molecule has 4 nitrogen and oxygen atoms in total. The summed E-state index contributed by atoms with van der Waals surface area (Å²) < 4.78 is 0. The maximum Gasteiger partial charge on any atom is 0.328 e. The lowest BCUT2D eigenvalue weighted by Gasteiger charge is -2.21. The number of nitrogens with one attached hydrogen (secondary N) is 1. The van der Waals surface area contributed by atoms with E-state index in [2.05, 4.69) is 5.32 Å². The molecule has 92 valence electrons. The lowest BCUT2D eigenvalue weighted by molar-refractivity contribution is -0.143. The first-order valence-electron chi connectivity index (χ1n) is 5.06. The van der Waals surface area contributed by atoms with Crippen LogP contribution in [0.2, 0.25) is 5.02 Å². The summed E-state index contributed by atoms with van der Waals surface area (Å²) in [5.41, 5.74) is -0.124. The first-order valence-corrected chi connectivity index (χ1v) is 5.44. The molecule has 0 aliphatic heterocycles. The summed E-state index contributed by atoms with van der Waals surface area (Å²) in [4.78, 5) is 22.7. The number of carbonyl (C=O) groups excluding carboxylic acids is 1. The van der Waals surface area contributed by atoms with Crippen molar-refractivity contribution in [1.82, 2.24) is 5.32 Å². The Morgan fingerprint density at radius 2 is 1.94 bits per heavy atom. The van der Waals surface area contributed by atoms with Gasteiger partial charge in [0, 0.05) is 0 Å². The zero-order valence-corrected chi connectivity index (χ0v) is 10.6. The number of aliphatic carboxylic acids is 1. The molecule has 0 saturated carbocycles. The van der Waals surface area contributed by atoms with E-state index in [1.54, 1.807) is 18.2 Å². The number of benzene rings is 1. The second-order valence-corrected chi connectivity index (χ2v) is 4.77. The van der Waals surface area contributed by atoms with E-state index in [1.165, 1.54) is 13.8 Å². The topological polar surface area (TPSA) is 66.4 Å². The van der Waals surface area contributed by atoms with Crippen LogP contribution < -0.4 is 5.32 Å². The lowest BCUT2D eigenvalue weighted by atomic mass is 10.0. The average Bonchev–Trinajstić information content (AvgIpc) is 2.15. The van der Waals surface area contributed by atoms with Crippen LogP contribution in [0.1, 0.15) is 29.8 Å². The van der Waals surface area contributed by atoms with Crippen LogP contribution in [0.15, 0.2) is 18.2 Å². The Hall–Kier alpha value is -1.55. The zero-order chi connectivity index (χ0) is 13.2. The molecular weight excluding hydrogens is 242 g/mol. The molecule has 0 heterocycles. The minimum Gasteiger partial charge on any atom is -0.480 e. The molecule has 0 aliphatic rings. The van der Waals surface area contributed by atoms with Gasteiger partial charge in [0.15, 0.2) is 0 Å². The van der Waals surface area contributed by atoms with Gasteiger partial charge in [0.2, 0.25) is 0 Å². The van der Waals surface area contributed by atoms with Crippen molar-refractivity contribution >= 4 is 23.5 Å². The highest BCUT2D eigenvalue weighted by atomic mass is 35.5. The molecule has 0 atom stereocenters. The van der Waals surface area contributed by atoms with Crippen molar-refractivity contribution in [2.24, 2.45) is 0 Å². The molecule has 1 amide bonds. The van der Waals surface area contributed by atoms with E-state index in [9.17, 15) is 9.59 Å². The van der Waals surface area contributed by atoms with Crippen molar-refractivity contribution in [2.45, 2.75) is 26.3 Å². The maximum atomic E-state index is 11.8. The van der Waals surface area contributed by atoms with Gasteiger partial charge in [-0.1, -0.05) is 17.7 Å². The van der Waals surface area contributed by atoms with Gasteiger partial charge >= 0.3 is 5.97 Å². The molecule has 2 N–H and O–H groups in total. The van der Waals surface area contributed by atoms with E-state index < -0.39 is 17.4 Å². The fourth-order valence-corrected chi connectivity index (χ4v) is 1.53. The highest BCUT2D eigenvalue weighted by Gasteiger charge is 2.29. The highest BCUT2D eigenvalue weighted by Crippen LogP contribution is 2.18. The van der Waals surface area contributed by atoms with Crippen LogP contribution in [0.4, 0.5) is 0 Å². The number of hydrogen-bond acceptors (Lipinski definition) is 2. The monoisotopic (exact) mass is 255 g/mol. The number of rotatable bonds is 3. The van der Waals surface area contributed by atoms with Crippen LogP contribution in [0, 0.1) is 6.92 Å². The molecule has 0 spiro atoms. The summed E-state index contributed by atoms with van der Waals surface area (Å²) in [6.45, 7) is 4.68. The van der Waals surface area contributed by atoms with Crippen LogP contribution in [0.5, 0.6) is 0 Å². The number of carbonyl (C=O) groups is 2. The average molecular weight is 256 g/mol. The Morgan fingerprint density at radius 3 is 2.41 bits per heavy atom. The van der Waals surface area contributed by atoms with E-state index in [-0.39, 0.29) is 5.56 Å². The fourth-order valence-electron chi connectivity index (χ4n) is 1.21. The van der Waals surface area contributed by atoms with Gasteiger partial charge < -0.3 is 10.4 Å². The molecule has 0 saturated heterocycles. The van der Waals surface area contributed by atoms with Crippen molar-refractivity contribution in [3.63, 3.8) is 0 Å². The Kier molecular flexibility index (Phi) is 3.78. The third-order valence-electron chi connectivity index (χ3n) is 2.33. The van der Waals surface area contributed by atoms with Gasteiger partial charge in [0.1, 0.15) is 5.54 Å². The molecular formula is C12H14ClNO3. The van der Waals surface area contributed by atoms with Crippen LogP contribution >= 0.6 is 11.6 Å². The van der Waals surface area contributed by atoms with E-state index in [0.29, 0.717) is 5.02 Å². The highest BCUT2D eigenvalue weighted by molar-refractivity contribution is 6.34. The van der Waals surface area contributed by atoms with Crippen LogP contribution in [-0.2, 0) is 4.79 Å². The van der Waals surface area contributed by atoms with Gasteiger partial charge in [0.05, 0.1) is 10.6 Å². The van der Waals surface area contributed by atoms with Crippen molar-refractivity contribution in [3.8, 4) is 0 Å². The van der Waals surface area contributed by atoms with Gasteiger partial charge in [-0.25, -0.2) is 4.79 Å². The molecule has 0 unspecified atom stereocenters. The SMILES string of the molecule is Cc1ccc(C(=O)NC(C)(C)C(=O)O)c(Cl)c1. The van der Waals surface area contributed by atoms with E-state index in [0.717, 1.165) is 5.56 Å². The van der Waals surface area contributed by atoms with Crippen LogP contribution in [0.25, 0.3) is 0 Å². The third-order valence-corrected chi connectivity index (χ3v) is 2.64. The molecule has 0 aliphatic carbocycles. The summed E-state index contributed by atoms with van der Waals surface area (Å²) >= 11 is 5.92. The van der Waals surface area contributed by atoms with Crippen molar-refractivity contribution in [3.05, 3.63) is 34.3 Å². The largest absolute Gasteiger partial charge is 0.480 e. The molecule has 5 heteroatoms. The maximum absolute atomic E-state index is 11.8. The molecule has 0 radical (unpaired) electrons. The first-order chi connectivity index (χ1) is 7.74. The van der Waals surface area contributed by atoms with Gasteiger partial charge in [-0.15, -0.1) is 0 Å². The lowest BCUT2D eigenvalue weighted by Crippen LogP contribution is -2.49. The third kappa shape index (κ3) is 3.20. The number of carboxylic acid groups (broad SMARTS) is 1. The second kappa shape index (κ2) is 4.75. The van der Waals surface area contributed by atoms with Gasteiger partial charge in [0.25, 0.3) is 5.91 Å². The smallest absolute Gasteiger partial charge is 0.328 e. The molecule has 0 aromatic heterocycles. The standard InChI is InChI=1S/C12H14ClNO3/c1-7-4-5-8(9(13)6-7)10(15)14-12(2,3)11(16)17/h4-6H,1-3H3,(H,14,15)(H,16,17). The number of carboxylic acids is 1. The van der Waals surface area contributed by atoms with E-state index in [1.807, 2.05) is 6.92 Å². The van der Waals surface area contributed by atoms with Gasteiger partial charge in [-0.2, -0.15) is 0 Å². The van der Waals surface area contributed by atoms with Gasteiger partial charge in [-0.3, -0.25) is 4.79 Å². The number of hydrogen-bond donors (Lipinski definition) is 2. The summed E-state index contributed by atoms with van der Waals surface area (Å²) in [6, 6.07) is 4.98. The number of aryl methyl sites for hydroxylation is 1. The predicted octanol–water partition coefficient (Wildman–Crippen LogP) is 2.24. The molecule has 1 aromatic rings. The number of halogens is 1. The Bertz CT molecular complexity index is 469. The predicted molar refractivity (Wildman–Crippen MR) is 65.4 cm³/mol. The Balaban J connectivity index is 2.95. The summed E-state index contributed by atoms with van der Waals surface area (Å²) in [7, 11) is 0. The normalized spacial score (nSPS) is 11.1. The minimum atomic E-state index is -1.33. The Labute approximate surface area is 105 Å². The molecule has 0 bridgehead atoms. The summed E-state index contributed by atoms with van der Waals surface area (Å²) in [5, 5.41) is 11.6. The van der Waals surface area contributed by atoms with Crippen LogP contribution in [0.3, 0.4) is 0 Å². The zero-order valence-electron chi connectivity index (χ0n) is 9.87. The Morgan fingerprint density at radius 1 is 1.35 bits per heavy atom. The first kappa shape index (κ1) is 13.5. The summed E-state index contributed by atoms with van der Waals surface area (Å²) in [5.74, 6) is -1.60. The fraction of sp³-hybridized carbons (Fsp3) is 0.333. The van der Waals surface area contributed by atoms with Crippen molar-refractivity contribution in [2.75, 3.05) is 0 Å². The van der Waals surface area contributed by atoms with E-state index in [4.69, 9.17) is 16.7 Å². The number of amides is 1. The van der Waals surface area contributed by atoms with Crippen molar-refractivity contribution in [1.29, 1.82) is 0 Å². The molecule has 1 aromatic carbocycles. The van der Waals surface area contributed by atoms with Gasteiger partial charge in [-0.05, 0) is 38.5 Å². The summed E-state index contributed by atoms with van der Waals surface area (Å²) in [6.07, 6.45) is 0. The van der Waals surface area contributed by atoms with Crippen molar-refractivity contribution < 1.29 is 14.7 Å². The van der Waals surface area contributed by atoms with Crippen LogP contribution in [-0.4, -0.2) is 22.5 Å². The van der Waals surface area contributed by atoms with E-state index >= 15 is 0 Å². The molecule has 1 rings (SSSR count). The second-order valence-electron chi connectivity index (χ2n) is 4.37. The minimum absolute atomic E-state index is 0.270. The molecule has 17 heavy (non-hydrogen) atoms. The molecule has 0 fully saturated rings. The quantitative estimate of drug-likeness (QED) is 0.871.